The number of anilines is 1. The second kappa shape index (κ2) is 13.8. The highest BCUT2D eigenvalue weighted by atomic mass is 32.2. The Kier molecular flexibility index (Phi) is 10.8. The molecule has 0 bridgehead atoms. The number of piperazine rings is 1. The van der Waals surface area contributed by atoms with Crippen LogP contribution in [0.25, 0.3) is 0 Å². The van der Waals surface area contributed by atoms with Crippen LogP contribution in [0.15, 0.2) is 53.4 Å². The van der Waals surface area contributed by atoms with E-state index in [2.05, 4.69) is 34.1 Å². The maximum atomic E-state index is 13.3. The zero-order chi connectivity index (χ0) is 26.0. The van der Waals surface area contributed by atoms with Crippen LogP contribution in [0.2, 0.25) is 0 Å². The zero-order valence-electron chi connectivity index (χ0n) is 22.0. The third-order valence-corrected chi connectivity index (χ3v) is 8.59. The topological polar surface area (TPSA) is 70.2 Å². The number of methoxy groups -OCH3 is 1. The van der Waals surface area contributed by atoms with Gasteiger partial charge in [0.05, 0.1) is 7.11 Å². The van der Waals surface area contributed by atoms with Gasteiger partial charge in [0.25, 0.3) is 0 Å². The standard InChI is InChI=1S/C28H41N3O4S/c1-4-16-31(17-5-2)36(33,34)28-23-24(14-15-27(28)35-3)26(32)13-9-10-18-29-19-21-30(22-20-29)25-11-7-6-8-12-25/h6-8,11-12,14-15,23H,4-5,9-10,13,16-22H2,1-3H3. The van der Waals surface area contributed by atoms with Gasteiger partial charge in [-0.05, 0) is 62.6 Å². The van der Waals surface area contributed by atoms with Gasteiger partial charge in [-0.15, -0.1) is 0 Å². The number of Topliss-reactive ketones (excluding diaryl/α,β-unsaturated/α-hetero) is 1. The van der Waals surface area contributed by atoms with Crippen molar-refractivity contribution in [1.82, 2.24) is 9.21 Å². The SMILES string of the molecule is CCCN(CCC)S(=O)(=O)c1cc(C(=O)CCCCN2CCN(c3ccccc3)CC2)ccc1OC. The minimum absolute atomic E-state index is 0.0273. The van der Waals surface area contributed by atoms with Gasteiger partial charge in [-0.2, -0.15) is 4.31 Å². The summed E-state index contributed by atoms with van der Waals surface area (Å²) in [5.41, 5.74) is 1.70. The van der Waals surface area contributed by atoms with Gasteiger partial charge >= 0.3 is 0 Å². The Morgan fingerprint density at radius 2 is 1.61 bits per heavy atom. The van der Waals surface area contributed by atoms with Crippen molar-refractivity contribution in [2.75, 3.05) is 57.8 Å². The van der Waals surface area contributed by atoms with E-state index in [0.717, 1.165) is 58.4 Å². The number of hydrogen-bond donors (Lipinski definition) is 0. The number of benzene rings is 2. The second-order valence-electron chi connectivity index (χ2n) is 9.31. The Labute approximate surface area is 217 Å². The van der Waals surface area contributed by atoms with Crippen LogP contribution >= 0.6 is 0 Å². The van der Waals surface area contributed by atoms with E-state index in [0.29, 0.717) is 25.1 Å². The number of unbranched alkanes of at least 4 members (excludes halogenated alkanes) is 1. The van der Waals surface area contributed by atoms with Crippen molar-refractivity contribution in [3.05, 3.63) is 54.1 Å². The molecule has 1 saturated heterocycles. The Bertz CT molecular complexity index is 1060. The molecule has 0 atom stereocenters. The molecule has 0 aromatic heterocycles. The third kappa shape index (κ3) is 7.31. The van der Waals surface area contributed by atoms with Gasteiger partial charge in [0, 0.05) is 56.9 Å². The highest BCUT2D eigenvalue weighted by molar-refractivity contribution is 7.89. The van der Waals surface area contributed by atoms with E-state index in [-0.39, 0.29) is 16.4 Å². The largest absolute Gasteiger partial charge is 0.495 e. The number of carbonyl (C=O) groups is 1. The number of ketones is 1. The summed E-state index contributed by atoms with van der Waals surface area (Å²) in [5.74, 6) is 0.249. The number of nitrogens with zero attached hydrogens (tertiary/aromatic N) is 3. The van der Waals surface area contributed by atoms with Gasteiger partial charge in [0.15, 0.2) is 5.78 Å². The normalized spacial score (nSPS) is 14.8. The Hall–Kier alpha value is -2.42. The first-order chi connectivity index (χ1) is 17.4. The molecule has 0 radical (unpaired) electrons. The van der Waals surface area contributed by atoms with Gasteiger partial charge in [0.2, 0.25) is 10.0 Å². The minimum atomic E-state index is -3.74. The number of carbonyl (C=O) groups excluding carboxylic acids is 1. The molecule has 0 aliphatic carbocycles. The van der Waals surface area contributed by atoms with Crippen LogP contribution in [0.3, 0.4) is 0 Å². The van der Waals surface area contributed by atoms with Crippen LogP contribution in [-0.2, 0) is 10.0 Å². The second-order valence-corrected chi connectivity index (χ2v) is 11.2. The van der Waals surface area contributed by atoms with Crippen LogP contribution in [0, 0.1) is 0 Å². The Morgan fingerprint density at radius 1 is 0.944 bits per heavy atom. The lowest BCUT2D eigenvalue weighted by Gasteiger charge is -2.36. The maximum absolute atomic E-state index is 13.3. The molecule has 1 aliphatic heterocycles. The van der Waals surface area contributed by atoms with Crippen molar-refractivity contribution in [2.24, 2.45) is 0 Å². The molecule has 0 spiro atoms. The van der Waals surface area contributed by atoms with Crippen molar-refractivity contribution in [1.29, 1.82) is 0 Å². The summed E-state index contributed by atoms with van der Waals surface area (Å²) in [6, 6.07) is 15.3. The number of ether oxygens (including phenoxy) is 1. The first kappa shape index (κ1) is 28.2. The number of sulfonamides is 1. The highest BCUT2D eigenvalue weighted by Crippen LogP contribution is 2.29. The lowest BCUT2D eigenvalue weighted by Crippen LogP contribution is -2.46. The first-order valence-corrected chi connectivity index (χ1v) is 14.6. The molecule has 0 N–H and O–H groups in total. The van der Waals surface area contributed by atoms with Crippen LogP contribution in [0.5, 0.6) is 5.75 Å². The van der Waals surface area contributed by atoms with E-state index in [1.54, 1.807) is 12.1 Å². The molecule has 8 heteroatoms. The Balaban J connectivity index is 1.53. The van der Waals surface area contributed by atoms with Crippen molar-refractivity contribution >= 4 is 21.5 Å². The Morgan fingerprint density at radius 3 is 2.22 bits per heavy atom. The highest BCUT2D eigenvalue weighted by Gasteiger charge is 2.28. The number of hydrogen-bond acceptors (Lipinski definition) is 6. The molecule has 0 unspecified atom stereocenters. The molecule has 1 heterocycles. The number of rotatable bonds is 14. The van der Waals surface area contributed by atoms with Gasteiger partial charge < -0.3 is 9.64 Å². The van der Waals surface area contributed by atoms with Crippen LogP contribution in [-0.4, -0.2) is 76.3 Å². The molecule has 1 aliphatic rings. The van der Waals surface area contributed by atoms with Crippen molar-refractivity contribution in [3.8, 4) is 5.75 Å². The minimum Gasteiger partial charge on any atom is -0.495 e. The van der Waals surface area contributed by atoms with E-state index in [1.165, 1.54) is 23.2 Å². The quantitative estimate of drug-likeness (QED) is 0.269. The van der Waals surface area contributed by atoms with Crippen molar-refractivity contribution in [3.63, 3.8) is 0 Å². The smallest absolute Gasteiger partial charge is 0.246 e. The van der Waals surface area contributed by atoms with Gasteiger partial charge in [-0.3, -0.25) is 9.69 Å². The van der Waals surface area contributed by atoms with Gasteiger partial charge in [-0.25, -0.2) is 8.42 Å². The molecular weight excluding hydrogens is 474 g/mol. The predicted octanol–water partition coefficient (Wildman–Crippen LogP) is 4.68. The molecule has 36 heavy (non-hydrogen) atoms. The molecule has 7 nitrogen and oxygen atoms in total. The van der Waals surface area contributed by atoms with Gasteiger partial charge in [0.1, 0.15) is 10.6 Å². The molecule has 198 valence electrons. The lowest BCUT2D eigenvalue weighted by molar-refractivity contribution is 0.0977. The summed E-state index contributed by atoms with van der Waals surface area (Å²) >= 11 is 0. The van der Waals surface area contributed by atoms with Crippen LogP contribution in [0.4, 0.5) is 5.69 Å². The summed E-state index contributed by atoms with van der Waals surface area (Å²) < 4.78 is 33.5. The molecule has 3 rings (SSSR count). The summed E-state index contributed by atoms with van der Waals surface area (Å²) in [6.45, 7) is 9.84. The van der Waals surface area contributed by atoms with Gasteiger partial charge in [-0.1, -0.05) is 32.0 Å². The molecule has 0 saturated carbocycles. The summed E-state index contributed by atoms with van der Waals surface area (Å²) in [7, 11) is -2.29. The zero-order valence-corrected chi connectivity index (χ0v) is 22.8. The van der Waals surface area contributed by atoms with Crippen molar-refractivity contribution in [2.45, 2.75) is 50.8 Å². The predicted molar refractivity (Wildman–Crippen MR) is 146 cm³/mol. The van der Waals surface area contributed by atoms with E-state index >= 15 is 0 Å². The summed E-state index contributed by atoms with van der Waals surface area (Å²) in [5, 5.41) is 0. The average molecular weight is 516 g/mol. The number of para-hydroxylation sites is 1. The average Bonchev–Trinajstić information content (AvgIpc) is 2.91. The van der Waals surface area contributed by atoms with Crippen molar-refractivity contribution < 1.29 is 17.9 Å². The molecule has 2 aromatic rings. The molecular formula is C28H41N3O4S. The van der Waals surface area contributed by atoms with E-state index in [4.69, 9.17) is 4.74 Å². The summed E-state index contributed by atoms with van der Waals surface area (Å²) in [6.07, 6.45) is 3.58. The summed E-state index contributed by atoms with van der Waals surface area (Å²) in [4.78, 5) is 17.9. The maximum Gasteiger partial charge on any atom is 0.246 e. The van der Waals surface area contributed by atoms with E-state index in [9.17, 15) is 13.2 Å². The fraction of sp³-hybridized carbons (Fsp3) is 0.536. The molecule has 1 fully saturated rings. The monoisotopic (exact) mass is 515 g/mol. The van der Waals surface area contributed by atoms with Crippen LogP contribution in [0.1, 0.15) is 56.3 Å². The fourth-order valence-electron chi connectivity index (χ4n) is 4.68. The van der Waals surface area contributed by atoms with E-state index < -0.39 is 10.0 Å². The molecule has 0 amide bonds. The van der Waals surface area contributed by atoms with Crippen LogP contribution < -0.4 is 9.64 Å². The fourth-order valence-corrected chi connectivity index (χ4v) is 6.48. The first-order valence-electron chi connectivity index (χ1n) is 13.1. The molecule has 2 aromatic carbocycles. The lowest BCUT2D eigenvalue weighted by atomic mass is 10.1. The third-order valence-electron chi connectivity index (χ3n) is 6.67. The van der Waals surface area contributed by atoms with E-state index in [1.807, 2.05) is 19.9 Å².